The van der Waals surface area contributed by atoms with E-state index in [1.165, 1.54) is 0 Å². The van der Waals surface area contributed by atoms with Crippen LogP contribution in [-0.4, -0.2) is 36.3 Å². The highest BCUT2D eigenvalue weighted by molar-refractivity contribution is 5.77. The Morgan fingerprint density at radius 1 is 1.37 bits per heavy atom. The topological polar surface area (TPSA) is 62.3 Å². The molecule has 0 saturated carbocycles. The van der Waals surface area contributed by atoms with Gasteiger partial charge < -0.3 is 10.2 Å². The van der Waals surface area contributed by atoms with Crippen LogP contribution in [0, 0.1) is 5.92 Å². The molecule has 2 unspecified atom stereocenters. The highest BCUT2D eigenvalue weighted by Crippen LogP contribution is 2.27. The van der Waals surface area contributed by atoms with Gasteiger partial charge in [0.1, 0.15) is 5.82 Å². The molecule has 5 heteroatoms. The fraction of sp³-hybridized carbons (Fsp3) is 0.500. The summed E-state index contributed by atoms with van der Waals surface area (Å²) in [6.45, 7) is 1.83. The molecule has 1 aromatic rings. The van der Waals surface area contributed by atoms with Gasteiger partial charge in [0.2, 0.25) is 5.91 Å². The summed E-state index contributed by atoms with van der Waals surface area (Å²) in [5.41, 5.74) is 0.601. The second kappa shape index (κ2) is 4.99. The monoisotopic (exact) mass is 259 g/mol. The summed E-state index contributed by atoms with van der Waals surface area (Å²) in [7, 11) is 0. The lowest BCUT2D eigenvalue weighted by Gasteiger charge is -2.41. The lowest BCUT2D eigenvalue weighted by molar-refractivity contribution is -0.124. The van der Waals surface area contributed by atoms with Gasteiger partial charge >= 0.3 is 0 Å². The van der Waals surface area contributed by atoms with Crippen molar-refractivity contribution in [2.75, 3.05) is 18.0 Å². The number of nitrogens with one attached hydrogen (secondary N) is 1. The highest BCUT2D eigenvalue weighted by Gasteiger charge is 2.33. The van der Waals surface area contributed by atoms with Crippen LogP contribution in [-0.2, 0) is 4.79 Å². The highest BCUT2D eigenvalue weighted by atomic mass is 16.1. The molecule has 2 aliphatic heterocycles. The number of nitrogens with zero attached hydrogens (tertiary/aromatic N) is 2. The first kappa shape index (κ1) is 12.1. The number of pyridine rings is 1. The van der Waals surface area contributed by atoms with Crippen molar-refractivity contribution in [1.82, 2.24) is 10.3 Å². The minimum atomic E-state index is 0.183. The summed E-state index contributed by atoms with van der Waals surface area (Å²) in [6.07, 6.45) is 4.97. The van der Waals surface area contributed by atoms with E-state index in [9.17, 15) is 9.59 Å². The molecular weight excluding hydrogens is 242 g/mol. The fourth-order valence-electron chi connectivity index (χ4n) is 2.97. The Kier molecular flexibility index (Phi) is 3.19. The van der Waals surface area contributed by atoms with Crippen molar-refractivity contribution in [3.05, 3.63) is 23.9 Å². The molecular formula is C14H17N3O2. The predicted octanol–water partition coefficient (Wildman–Crippen LogP) is 0.999. The van der Waals surface area contributed by atoms with E-state index in [1.807, 2.05) is 6.07 Å². The van der Waals surface area contributed by atoms with Gasteiger partial charge in [-0.15, -0.1) is 0 Å². The Balaban J connectivity index is 1.70. The van der Waals surface area contributed by atoms with Gasteiger partial charge in [-0.05, 0) is 30.9 Å². The molecule has 2 atom stereocenters. The summed E-state index contributed by atoms with van der Waals surface area (Å²) in [5, 5.41) is 3.08. The average Bonchev–Trinajstić information content (AvgIpc) is 2.47. The van der Waals surface area contributed by atoms with Gasteiger partial charge in [0.05, 0.1) is 0 Å². The van der Waals surface area contributed by atoms with Gasteiger partial charge in [0.15, 0.2) is 6.29 Å². The molecule has 2 fully saturated rings. The first-order chi connectivity index (χ1) is 9.26. The molecule has 0 bridgehead atoms. The molecule has 100 valence electrons. The number of aromatic nitrogens is 1. The van der Waals surface area contributed by atoms with E-state index in [0.29, 0.717) is 23.9 Å². The predicted molar refractivity (Wildman–Crippen MR) is 71.1 cm³/mol. The molecule has 2 aliphatic rings. The molecule has 1 aromatic heterocycles. The third-order valence-corrected chi connectivity index (χ3v) is 4.05. The molecule has 0 radical (unpaired) electrons. The van der Waals surface area contributed by atoms with Crippen LogP contribution in [0.3, 0.4) is 0 Å². The van der Waals surface area contributed by atoms with Crippen molar-refractivity contribution in [3.8, 4) is 0 Å². The molecule has 0 spiro atoms. The van der Waals surface area contributed by atoms with Gasteiger partial charge in [0, 0.05) is 37.3 Å². The Hall–Kier alpha value is -1.91. The van der Waals surface area contributed by atoms with Crippen molar-refractivity contribution in [3.63, 3.8) is 0 Å². The Bertz CT molecular complexity index is 486. The summed E-state index contributed by atoms with van der Waals surface area (Å²) in [5.74, 6) is 1.61. The number of hydrogen-bond acceptors (Lipinski definition) is 4. The van der Waals surface area contributed by atoms with E-state index in [2.05, 4.69) is 15.2 Å². The van der Waals surface area contributed by atoms with E-state index < -0.39 is 0 Å². The quantitative estimate of drug-likeness (QED) is 0.805. The number of hydrogen-bond donors (Lipinski definition) is 1. The van der Waals surface area contributed by atoms with Crippen molar-refractivity contribution in [2.45, 2.75) is 25.3 Å². The first-order valence-corrected chi connectivity index (χ1v) is 6.72. The van der Waals surface area contributed by atoms with Gasteiger partial charge in [0.25, 0.3) is 0 Å². The molecule has 19 heavy (non-hydrogen) atoms. The number of fused-ring (bicyclic) bond motifs is 1. The molecule has 1 amide bonds. The maximum Gasteiger partial charge on any atom is 0.220 e. The van der Waals surface area contributed by atoms with Crippen LogP contribution in [0.25, 0.3) is 0 Å². The number of aldehydes is 1. The lowest BCUT2D eigenvalue weighted by Crippen LogP contribution is -2.54. The largest absolute Gasteiger partial charge is 0.356 e. The maximum absolute atomic E-state index is 11.4. The zero-order valence-corrected chi connectivity index (χ0v) is 10.7. The standard InChI is InChI=1S/C14H17N3O2/c18-9-10-1-3-13(15-7-10)17-6-5-12-11(8-17)2-4-14(19)16-12/h1,3,7,9,11-12H,2,4-6,8H2,(H,16,19). The summed E-state index contributed by atoms with van der Waals surface area (Å²) >= 11 is 0. The third kappa shape index (κ3) is 2.45. The smallest absolute Gasteiger partial charge is 0.220 e. The third-order valence-electron chi connectivity index (χ3n) is 4.05. The maximum atomic E-state index is 11.4. The van der Waals surface area contributed by atoms with Crippen LogP contribution in [0.2, 0.25) is 0 Å². The Labute approximate surface area is 112 Å². The van der Waals surface area contributed by atoms with Gasteiger partial charge in [-0.25, -0.2) is 4.98 Å². The number of carbonyl (C=O) groups excluding carboxylic acids is 2. The molecule has 1 N–H and O–H groups in total. The number of rotatable bonds is 2. The summed E-state index contributed by atoms with van der Waals surface area (Å²) in [6, 6.07) is 4.02. The van der Waals surface area contributed by atoms with Crippen LogP contribution in [0.5, 0.6) is 0 Å². The van der Waals surface area contributed by atoms with Gasteiger partial charge in [-0.3, -0.25) is 9.59 Å². The molecule has 3 rings (SSSR count). The zero-order valence-electron chi connectivity index (χ0n) is 10.7. The van der Waals surface area contributed by atoms with E-state index >= 15 is 0 Å². The number of anilines is 1. The van der Waals surface area contributed by atoms with Crippen LogP contribution in [0.4, 0.5) is 5.82 Å². The van der Waals surface area contributed by atoms with Crippen LogP contribution in [0.15, 0.2) is 18.3 Å². The van der Waals surface area contributed by atoms with Crippen LogP contribution in [0.1, 0.15) is 29.6 Å². The van der Waals surface area contributed by atoms with Crippen LogP contribution < -0.4 is 10.2 Å². The Morgan fingerprint density at radius 2 is 2.26 bits per heavy atom. The summed E-state index contributed by atoms with van der Waals surface area (Å²) in [4.78, 5) is 28.6. The molecule has 5 nitrogen and oxygen atoms in total. The number of piperidine rings is 2. The Morgan fingerprint density at radius 3 is 3.00 bits per heavy atom. The molecule has 2 saturated heterocycles. The summed E-state index contributed by atoms with van der Waals surface area (Å²) < 4.78 is 0. The fourth-order valence-corrected chi connectivity index (χ4v) is 2.97. The molecule has 0 aromatic carbocycles. The van der Waals surface area contributed by atoms with E-state index in [-0.39, 0.29) is 5.91 Å². The molecule has 3 heterocycles. The van der Waals surface area contributed by atoms with Gasteiger partial charge in [-0.1, -0.05) is 0 Å². The van der Waals surface area contributed by atoms with Crippen molar-refractivity contribution >= 4 is 18.0 Å². The normalized spacial score (nSPS) is 26.5. The van der Waals surface area contributed by atoms with E-state index in [1.54, 1.807) is 12.3 Å². The van der Waals surface area contributed by atoms with Gasteiger partial charge in [-0.2, -0.15) is 0 Å². The lowest BCUT2D eigenvalue weighted by atomic mass is 9.85. The number of carbonyl (C=O) groups is 2. The van der Waals surface area contributed by atoms with Crippen molar-refractivity contribution < 1.29 is 9.59 Å². The SMILES string of the molecule is O=Cc1ccc(N2CCC3NC(=O)CCC3C2)nc1. The minimum absolute atomic E-state index is 0.183. The van der Waals surface area contributed by atoms with E-state index in [0.717, 1.165) is 38.0 Å². The second-order valence-corrected chi connectivity index (χ2v) is 5.28. The minimum Gasteiger partial charge on any atom is -0.356 e. The van der Waals surface area contributed by atoms with Crippen molar-refractivity contribution in [2.24, 2.45) is 5.92 Å². The molecule has 0 aliphatic carbocycles. The van der Waals surface area contributed by atoms with Crippen molar-refractivity contribution in [1.29, 1.82) is 0 Å². The van der Waals surface area contributed by atoms with E-state index in [4.69, 9.17) is 0 Å². The second-order valence-electron chi connectivity index (χ2n) is 5.28. The average molecular weight is 259 g/mol. The first-order valence-electron chi connectivity index (χ1n) is 6.72. The zero-order chi connectivity index (χ0) is 13.2. The number of amides is 1. The van der Waals surface area contributed by atoms with Crippen LogP contribution >= 0.6 is 0 Å².